The molecule has 0 atom stereocenters. The standard InChI is InChI=1S/C60H37N3O/c1-3-15-38(16-4-1)40-27-29-50-49-23-11-13-25-56(49)63(57(50)36-40)45-32-43(52-34-41-19-7-8-20-46(41)47-21-9-10-22-48(47)52)31-44(33-45)55-37-54(61-60(62-55)39-17-5-2-6-18-39)42-28-30-59-53(35-42)51-24-12-14-26-58(51)64-59/h1-37H. The molecule has 0 radical (unpaired) electrons. The van der Waals surface area contributed by atoms with Crippen molar-refractivity contribution in [2.75, 3.05) is 0 Å². The highest BCUT2D eigenvalue weighted by Gasteiger charge is 2.19. The Balaban J connectivity index is 1.11. The number of fused-ring (bicyclic) bond motifs is 9. The van der Waals surface area contributed by atoms with Crippen molar-refractivity contribution in [3.63, 3.8) is 0 Å². The summed E-state index contributed by atoms with van der Waals surface area (Å²) >= 11 is 0. The molecule has 10 aromatic carbocycles. The summed E-state index contributed by atoms with van der Waals surface area (Å²) in [5.41, 5.74) is 14.3. The number of aromatic nitrogens is 3. The van der Waals surface area contributed by atoms with Crippen molar-refractivity contribution in [1.82, 2.24) is 14.5 Å². The molecule has 3 heterocycles. The van der Waals surface area contributed by atoms with E-state index in [1.54, 1.807) is 0 Å². The zero-order chi connectivity index (χ0) is 42.1. The van der Waals surface area contributed by atoms with Gasteiger partial charge >= 0.3 is 0 Å². The summed E-state index contributed by atoms with van der Waals surface area (Å²) in [4.78, 5) is 10.7. The average molecular weight is 816 g/mol. The number of hydrogen-bond donors (Lipinski definition) is 0. The van der Waals surface area contributed by atoms with Gasteiger partial charge in [-0.1, -0.05) is 158 Å². The predicted molar refractivity (Wildman–Crippen MR) is 266 cm³/mol. The Labute approximate surface area is 369 Å². The van der Waals surface area contributed by atoms with Crippen LogP contribution in [0.25, 0.3) is 127 Å². The van der Waals surface area contributed by atoms with E-state index in [2.05, 4.69) is 199 Å². The molecule has 0 aliphatic rings. The van der Waals surface area contributed by atoms with E-state index in [0.717, 1.165) is 77.9 Å². The molecule has 0 unspecified atom stereocenters. The van der Waals surface area contributed by atoms with E-state index in [9.17, 15) is 0 Å². The van der Waals surface area contributed by atoms with Crippen LogP contribution in [0.15, 0.2) is 229 Å². The van der Waals surface area contributed by atoms with E-state index in [4.69, 9.17) is 14.4 Å². The minimum absolute atomic E-state index is 0.665. The average Bonchev–Trinajstić information content (AvgIpc) is 3.91. The van der Waals surface area contributed by atoms with Crippen LogP contribution in [0.3, 0.4) is 0 Å². The third-order valence-electron chi connectivity index (χ3n) is 12.8. The topological polar surface area (TPSA) is 43.9 Å². The smallest absolute Gasteiger partial charge is 0.160 e. The van der Waals surface area contributed by atoms with Crippen LogP contribution >= 0.6 is 0 Å². The Bertz CT molecular complexity index is 3960. The first-order valence-electron chi connectivity index (χ1n) is 21.7. The van der Waals surface area contributed by atoms with Crippen molar-refractivity contribution in [3.05, 3.63) is 224 Å². The Morgan fingerprint density at radius 2 is 0.922 bits per heavy atom. The summed E-state index contributed by atoms with van der Waals surface area (Å²) in [7, 11) is 0. The molecule has 298 valence electrons. The fraction of sp³-hybridized carbons (Fsp3) is 0. The highest BCUT2D eigenvalue weighted by atomic mass is 16.3. The third-order valence-corrected chi connectivity index (χ3v) is 12.8. The molecule has 0 spiro atoms. The van der Waals surface area contributed by atoms with Gasteiger partial charge in [0.05, 0.1) is 22.4 Å². The van der Waals surface area contributed by atoms with Gasteiger partial charge in [-0.15, -0.1) is 0 Å². The van der Waals surface area contributed by atoms with Crippen molar-refractivity contribution in [1.29, 1.82) is 0 Å². The van der Waals surface area contributed by atoms with E-state index >= 15 is 0 Å². The van der Waals surface area contributed by atoms with Gasteiger partial charge in [0.1, 0.15) is 11.2 Å². The van der Waals surface area contributed by atoms with Gasteiger partial charge in [-0.25, -0.2) is 9.97 Å². The quantitative estimate of drug-likeness (QED) is 0.157. The van der Waals surface area contributed by atoms with Crippen LogP contribution in [0.2, 0.25) is 0 Å². The van der Waals surface area contributed by atoms with Gasteiger partial charge in [0.25, 0.3) is 0 Å². The Kier molecular flexibility index (Phi) is 8.18. The number of hydrogen-bond acceptors (Lipinski definition) is 3. The van der Waals surface area contributed by atoms with Crippen molar-refractivity contribution in [3.8, 4) is 61.8 Å². The summed E-state index contributed by atoms with van der Waals surface area (Å²) in [6, 6.07) is 80.1. The van der Waals surface area contributed by atoms with Crippen LogP contribution < -0.4 is 0 Å². The molecule has 0 saturated carbocycles. The maximum atomic E-state index is 6.25. The summed E-state index contributed by atoms with van der Waals surface area (Å²) in [5, 5.41) is 9.42. The number of nitrogens with zero attached hydrogens (tertiary/aromatic N) is 3. The molecule has 0 N–H and O–H groups in total. The largest absolute Gasteiger partial charge is 0.456 e. The second kappa shape index (κ2) is 14.5. The van der Waals surface area contributed by atoms with Crippen LogP contribution in [0.1, 0.15) is 0 Å². The minimum atomic E-state index is 0.665. The first-order valence-corrected chi connectivity index (χ1v) is 21.7. The molecule has 13 aromatic rings. The van der Waals surface area contributed by atoms with Gasteiger partial charge in [-0.3, -0.25) is 0 Å². The molecule has 0 aliphatic heterocycles. The number of furan rings is 1. The number of benzene rings is 10. The fourth-order valence-electron chi connectivity index (χ4n) is 9.74. The summed E-state index contributed by atoms with van der Waals surface area (Å²) < 4.78 is 8.68. The lowest BCUT2D eigenvalue weighted by Gasteiger charge is -2.17. The lowest BCUT2D eigenvalue weighted by atomic mass is 9.91. The summed E-state index contributed by atoms with van der Waals surface area (Å²) in [5.74, 6) is 0.665. The second-order valence-electron chi connectivity index (χ2n) is 16.5. The van der Waals surface area contributed by atoms with Gasteiger partial charge in [0.15, 0.2) is 5.82 Å². The van der Waals surface area contributed by atoms with Gasteiger partial charge in [-0.05, 0) is 111 Å². The Morgan fingerprint density at radius 3 is 1.75 bits per heavy atom. The molecule has 0 fully saturated rings. The second-order valence-corrected chi connectivity index (χ2v) is 16.5. The highest BCUT2D eigenvalue weighted by Crippen LogP contribution is 2.42. The molecular formula is C60H37N3O. The molecule has 0 bridgehead atoms. The monoisotopic (exact) mass is 815 g/mol. The van der Waals surface area contributed by atoms with Gasteiger partial charge in [0.2, 0.25) is 0 Å². The Morgan fingerprint density at radius 1 is 0.312 bits per heavy atom. The van der Waals surface area contributed by atoms with E-state index in [-0.39, 0.29) is 0 Å². The zero-order valence-electron chi connectivity index (χ0n) is 34.6. The first kappa shape index (κ1) is 36.1. The number of para-hydroxylation sites is 2. The normalized spacial score (nSPS) is 11.8. The Hall–Kier alpha value is -8.60. The SMILES string of the molecule is c1ccc(-c2ccc3c4ccccc4n(-c4cc(-c5cc(-c6ccc7oc8ccccc8c7c6)nc(-c6ccccc6)n5)cc(-c5cc6ccccc6c6ccccc56)c4)c3c2)cc1. The molecule has 0 aliphatic carbocycles. The molecule has 64 heavy (non-hydrogen) atoms. The van der Waals surface area contributed by atoms with Crippen LogP contribution in [0.5, 0.6) is 0 Å². The van der Waals surface area contributed by atoms with Gasteiger partial charge < -0.3 is 8.98 Å². The van der Waals surface area contributed by atoms with Crippen molar-refractivity contribution < 1.29 is 4.42 Å². The van der Waals surface area contributed by atoms with Gasteiger partial charge in [0, 0.05) is 43.9 Å². The maximum Gasteiger partial charge on any atom is 0.160 e. The molecule has 4 nitrogen and oxygen atoms in total. The summed E-state index contributed by atoms with van der Waals surface area (Å²) in [6.07, 6.45) is 0. The minimum Gasteiger partial charge on any atom is -0.456 e. The van der Waals surface area contributed by atoms with Crippen molar-refractivity contribution in [2.45, 2.75) is 0 Å². The van der Waals surface area contributed by atoms with E-state index in [1.807, 2.05) is 30.3 Å². The zero-order valence-corrected chi connectivity index (χ0v) is 34.6. The summed E-state index contributed by atoms with van der Waals surface area (Å²) in [6.45, 7) is 0. The lowest BCUT2D eigenvalue weighted by molar-refractivity contribution is 0.669. The third kappa shape index (κ3) is 5.92. The van der Waals surface area contributed by atoms with Crippen LogP contribution in [0, 0.1) is 0 Å². The van der Waals surface area contributed by atoms with Crippen LogP contribution in [0.4, 0.5) is 0 Å². The first-order chi connectivity index (χ1) is 31.7. The fourth-order valence-corrected chi connectivity index (χ4v) is 9.74. The van der Waals surface area contributed by atoms with Gasteiger partial charge in [-0.2, -0.15) is 0 Å². The molecule has 0 amide bonds. The van der Waals surface area contributed by atoms with Crippen LogP contribution in [-0.2, 0) is 0 Å². The van der Waals surface area contributed by atoms with E-state index in [0.29, 0.717) is 5.82 Å². The molecular weight excluding hydrogens is 779 g/mol. The van der Waals surface area contributed by atoms with Crippen LogP contribution in [-0.4, -0.2) is 14.5 Å². The van der Waals surface area contributed by atoms with Crippen molar-refractivity contribution >= 4 is 65.3 Å². The van der Waals surface area contributed by atoms with E-state index in [1.165, 1.54) is 43.4 Å². The molecule has 3 aromatic heterocycles. The number of rotatable bonds is 6. The molecule has 4 heteroatoms. The molecule has 13 rings (SSSR count). The van der Waals surface area contributed by atoms with Crippen molar-refractivity contribution in [2.24, 2.45) is 0 Å². The van der Waals surface area contributed by atoms with E-state index < -0.39 is 0 Å². The lowest BCUT2D eigenvalue weighted by Crippen LogP contribution is -1.99. The highest BCUT2D eigenvalue weighted by molar-refractivity contribution is 6.15. The maximum absolute atomic E-state index is 6.25. The predicted octanol–water partition coefficient (Wildman–Crippen LogP) is 16.1. The molecule has 0 saturated heterocycles.